The quantitative estimate of drug-likeness (QED) is 0.243. The van der Waals surface area contributed by atoms with Crippen molar-refractivity contribution < 1.29 is 19.1 Å². The lowest BCUT2D eigenvalue weighted by Crippen LogP contribution is -2.53. The van der Waals surface area contributed by atoms with Crippen molar-refractivity contribution in [3.8, 4) is 0 Å². The van der Waals surface area contributed by atoms with Crippen molar-refractivity contribution in [3.05, 3.63) is 77.4 Å². The van der Waals surface area contributed by atoms with Crippen molar-refractivity contribution in [2.75, 3.05) is 17.6 Å². The number of benzene rings is 3. The van der Waals surface area contributed by atoms with Crippen molar-refractivity contribution >= 4 is 47.0 Å². The molecule has 0 spiro atoms. The minimum Gasteiger partial charge on any atom is -0.444 e. The topological polar surface area (TPSA) is 87.7 Å². The molecule has 0 saturated heterocycles. The van der Waals surface area contributed by atoms with Crippen LogP contribution in [0.3, 0.4) is 0 Å². The molecule has 0 bridgehead atoms. The molecular formula is C32H41N3O4S. The summed E-state index contributed by atoms with van der Waals surface area (Å²) < 4.78 is 5.39. The third-order valence-corrected chi connectivity index (χ3v) is 6.71. The van der Waals surface area contributed by atoms with E-state index in [9.17, 15) is 14.4 Å². The first-order chi connectivity index (χ1) is 18.9. The predicted molar refractivity (Wildman–Crippen MR) is 165 cm³/mol. The summed E-state index contributed by atoms with van der Waals surface area (Å²) in [6, 6.07) is 17.7. The second kappa shape index (κ2) is 13.7. The van der Waals surface area contributed by atoms with E-state index in [1.54, 1.807) is 25.7 Å². The molecule has 0 aromatic heterocycles. The van der Waals surface area contributed by atoms with Crippen molar-refractivity contribution in [2.24, 2.45) is 0 Å². The molecule has 214 valence electrons. The minimum absolute atomic E-state index is 0.0482. The normalized spacial score (nSPS) is 12.9. The Morgan fingerprint density at radius 2 is 1.60 bits per heavy atom. The highest BCUT2D eigenvalue weighted by atomic mass is 32.1. The summed E-state index contributed by atoms with van der Waals surface area (Å²) in [6.45, 7) is 11.6. The number of carbonyl (C=O) groups excluding carboxylic acids is 3. The monoisotopic (exact) mass is 563 g/mol. The molecule has 0 aliphatic heterocycles. The zero-order valence-electron chi connectivity index (χ0n) is 24.3. The van der Waals surface area contributed by atoms with Gasteiger partial charge < -0.3 is 20.3 Å². The van der Waals surface area contributed by atoms with Gasteiger partial charge in [0.15, 0.2) is 0 Å². The molecule has 0 saturated carbocycles. The van der Waals surface area contributed by atoms with E-state index in [2.05, 4.69) is 23.3 Å². The molecule has 3 rings (SSSR count). The number of nitrogens with one attached hydrogen (secondary N) is 2. The van der Waals surface area contributed by atoms with Gasteiger partial charge in [-0.1, -0.05) is 73.0 Å². The van der Waals surface area contributed by atoms with E-state index in [1.807, 2.05) is 81.4 Å². The van der Waals surface area contributed by atoms with Crippen molar-refractivity contribution in [1.29, 1.82) is 0 Å². The van der Waals surface area contributed by atoms with E-state index in [4.69, 9.17) is 4.74 Å². The van der Waals surface area contributed by atoms with Gasteiger partial charge in [0.05, 0.1) is 0 Å². The second-order valence-electron chi connectivity index (χ2n) is 11.1. The molecule has 0 aliphatic carbocycles. The highest BCUT2D eigenvalue weighted by molar-refractivity contribution is 7.80. The van der Waals surface area contributed by atoms with Crippen LogP contribution >= 0.6 is 12.6 Å². The number of rotatable bonds is 10. The van der Waals surface area contributed by atoms with Crippen LogP contribution in [-0.4, -0.2) is 46.7 Å². The lowest BCUT2D eigenvalue weighted by Gasteiger charge is -2.34. The van der Waals surface area contributed by atoms with Gasteiger partial charge >= 0.3 is 6.09 Å². The first-order valence-corrected chi connectivity index (χ1v) is 14.3. The van der Waals surface area contributed by atoms with E-state index in [1.165, 1.54) is 0 Å². The first-order valence-electron chi connectivity index (χ1n) is 13.7. The number of unbranched alkanes of at least 4 members (excludes halogenated alkanes) is 1. The summed E-state index contributed by atoms with van der Waals surface area (Å²) in [7, 11) is 0. The van der Waals surface area contributed by atoms with Gasteiger partial charge in [0.25, 0.3) is 5.91 Å². The summed E-state index contributed by atoms with van der Waals surface area (Å²) in [5, 5.41) is 7.77. The smallest absolute Gasteiger partial charge is 0.408 e. The molecule has 0 aliphatic rings. The zero-order valence-corrected chi connectivity index (χ0v) is 25.2. The minimum atomic E-state index is -0.975. The Bertz CT molecular complexity index is 1330. The Hall–Kier alpha value is -3.52. The van der Waals surface area contributed by atoms with Gasteiger partial charge in [-0.25, -0.2) is 4.79 Å². The summed E-state index contributed by atoms with van der Waals surface area (Å²) in [4.78, 5) is 42.2. The van der Waals surface area contributed by atoms with Gasteiger partial charge in [0.1, 0.15) is 17.7 Å². The standard InChI is InChI=1S/C32H41N3O4S/c1-7-8-15-35(30(37)27(20-40)34-31(38)39-32(4,5)6)28(25-17-21(2)16-22(3)18-25)29(36)33-26-14-13-23-11-9-10-12-24(23)19-26/h9-14,16-19,27-28,40H,7-8,15,20H2,1-6H3,(H,33,36)(H,34,38). The number of amides is 3. The number of thiol groups is 1. The molecule has 3 amide bonds. The Morgan fingerprint density at radius 3 is 2.20 bits per heavy atom. The fourth-order valence-corrected chi connectivity index (χ4v) is 4.90. The molecule has 3 aromatic carbocycles. The maximum absolute atomic E-state index is 14.1. The van der Waals surface area contributed by atoms with Gasteiger partial charge in [-0.3, -0.25) is 9.59 Å². The SMILES string of the molecule is CCCCN(C(=O)C(CS)NC(=O)OC(C)(C)C)C(C(=O)Nc1ccc2ccccc2c1)c1cc(C)cc(C)c1. The molecule has 2 N–H and O–H groups in total. The summed E-state index contributed by atoms with van der Waals surface area (Å²) in [5.41, 5.74) is 2.59. The van der Waals surface area contributed by atoms with Crippen LogP contribution in [0.5, 0.6) is 0 Å². The van der Waals surface area contributed by atoms with Crippen LogP contribution in [0, 0.1) is 13.8 Å². The molecule has 2 atom stereocenters. The van der Waals surface area contributed by atoms with E-state index in [0.29, 0.717) is 24.2 Å². The number of aryl methyl sites for hydroxylation is 2. The number of ether oxygens (including phenoxy) is 1. The fraction of sp³-hybridized carbons (Fsp3) is 0.406. The van der Waals surface area contributed by atoms with E-state index >= 15 is 0 Å². The Kier molecular flexibility index (Phi) is 10.6. The second-order valence-corrected chi connectivity index (χ2v) is 11.5. The third kappa shape index (κ3) is 8.49. The number of nitrogens with zero attached hydrogens (tertiary/aromatic N) is 1. The average molecular weight is 564 g/mol. The number of hydrogen-bond donors (Lipinski definition) is 3. The lowest BCUT2D eigenvalue weighted by atomic mass is 9.98. The van der Waals surface area contributed by atoms with Crippen LogP contribution in [0.1, 0.15) is 63.3 Å². The lowest BCUT2D eigenvalue weighted by molar-refractivity contribution is -0.140. The van der Waals surface area contributed by atoms with E-state index in [-0.39, 0.29) is 11.7 Å². The number of carbonyl (C=O) groups is 3. The Morgan fingerprint density at radius 1 is 0.950 bits per heavy atom. The number of alkyl carbamates (subject to hydrolysis) is 1. The first kappa shape index (κ1) is 31.0. The van der Waals surface area contributed by atoms with Gasteiger partial charge in [-0.15, -0.1) is 0 Å². The molecule has 8 heteroatoms. The number of anilines is 1. The van der Waals surface area contributed by atoms with Crippen LogP contribution in [0.25, 0.3) is 10.8 Å². The van der Waals surface area contributed by atoms with Crippen molar-refractivity contribution in [3.63, 3.8) is 0 Å². The largest absolute Gasteiger partial charge is 0.444 e. The molecule has 0 fully saturated rings. The van der Waals surface area contributed by atoms with Crippen LogP contribution < -0.4 is 10.6 Å². The van der Waals surface area contributed by atoms with Crippen LogP contribution in [0.15, 0.2) is 60.7 Å². The van der Waals surface area contributed by atoms with Crippen LogP contribution in [0.4, 0.5) is 10.5 Å². The van der Waals surface area contributed by atoms with Gasteiger partial charge in [0.2, 0.25) is 5.91 Å². The summed E-state index contributed by atoms with van der Waals surface area (Å²) in [5.74, 6) is -0.681. The summed E-state index contributed by atoms with van der Waals surface area (Å²) >= 11 is 4.36. The predicted octanol–water partition coefficient (Wildman–Crippen LogP) is 6.59. The number of hydrogen-bond acceptors (Lipinski definition) is 5. The zero-order chi connectivity index (χ0) is 29.4. The van der Waals surface area contributed by atoms with Crippen LogP contribution in [0.2, 0.25) is 0 Å². The fourth-order valence-electron chi connectivity index (χ4n) is 4.65. The third-order valence-electron chi connectivity index (χ3n) is 6.34. The Balaban J connectivity index is 2.02. The highest BCUT2D eigenvalue weighted by Crippen LogP contribution is 2.28. The molecule has 3 aromatic rings. The van der Waals surface area contributed by atoms with Crippen molar-refractivity contribution in [1.82, 2.24) is 10.2 Å². The summed E-state index contributed by atoms with van der Waals surface area (Å²) in [6.07, 6.45) is 0.793. The Labute approximate surface area is 243 Å². The van der Waals surface area contributed by atoms with E-state index in [0.717, 1.165) is 28.3 Å². The van der Waals surface area contributed by atoms with Crippen LogP contribution in [-0.2, 0) is 14.3 Å². The van der Waals surface area contributed by atoms with E-state index < -0.39 is 29.7 Å². The molecule has 2 unspecified atom stereocenters. The average Bonchev–Trinajstić information content (AvgIpc) is 2.87. The number of fused-ring (bicyclic) bond motifs is 1. The van der Waals surface area contributed by atoms with Crippen molar-refractivity contribution in [2.45, 2.75) is 72.1 Å². The maximum atomic E-state index is 14.1. The maximum Gasteiger partial charge on any atom is 0.408 e. The van der Waals surface area contributed by atoms with Gasteiger partial charge in [0, 0.05) is 18.0 Å². The van der Waals surface area contributed by atoms with Gasteiger partial charge in [-0.2, -0.15) is 12.6 Å². The molecule has 7 nitrogen and oxygen atoms in total. The van der Waals surface area contributed by atoms with Gasteiger partial charge in [-0.05, 0) is 69.5 Å². The molecule has 40 heavy (non-hydrogen) atoms. The highest BCUT2D eigenvalue weighted by Gasteiger charge is 2.36. The molecule has 0 radical (unpaired) electrons. The molecular weight excluding hydrogens is 522 g/mol. The molecule has 0 heterocycles.